The minimum atomic E-state index is -0.0618. The zero-order chi connectivity index (χ0) is 13.5. The Morgan fingerprint density at radius 2 is 1.85 bits per heavy atom. The predicted molar refractivity (Wildman–Crippen MR) is 80.9 cm³/mol. The average Bonchev–Trinajstić information content (AvgIpc) is 3.12. The molecule has 20 heavy (non-hydrogen) atoms. The van der Waals surface area contributed by atoms with Gasteiger partial charge in [0.25, 0.3) is 0 Å². The third-order valence-electron chi connectivity index (χ3n) is 5.48. The van der Waals surface area contributed by atoms with Gasteiger partial charge in [-0.15, -0.1) is 11.3 Å². The van der Waals surface area contributed by atoms with E-state index in [1.165, 1.54) is 49.2 Å². The molecular weight excluding hydrogens is 268 g/mol. The van der Waals surface area contributed by atoms with Gasteiger partial charge in [0, 0.05) is 29.9 Å². The van der Waals surface area contributed by atoms with Crippen LogP contribution in [-0.2, 0) is 6.54 Å². The van der Waals surface area contributed by atoms with Crippen molar-refractivity contribution < 1.29 is 5.11 Å². The van der Waals surface area contributed by atoms with Crippen LogP contribution in [0.15, 0.2) is 5.38 Å². The molecule has 0 aromatic carbocycles. The number of hydrogen-bond donors (Lipinski definition) is 1. The molecule has 2 bridgehead atoms. The monoisotopic (exact) mass is 292 g/mol. The number of nitrogens with zero attached hydrogens (tertiary/aromatic N) is 2. The SMILES string of the molecule is OC1CC2CCC(C1)N2Cc1csc(C2CCCC2)n1. The molecule has 2 aliphatic heterocycles. The van der Waals surface area contributed by atoms with Gasteiger partial charge in [0.1, 0.15) is 0 Å². The average molecular weight is 292 g/mol. The van der Waals surface area contributed by atoms with E-state index in [0.29, 0.717) is 12.1 Å². The summed E-state index contributed by atoms with van der Waals surface area (Å²) in [6.45, 7) is 1.01. The third-order valence-corrected chi connectivity index (χ3v) is 6.53. The van der Waals surface area contributed by atoms with Crippen LogP contribution in [0.25, 0.3) is 0 Å². The lowest BCUT2D eigenvalue weighted by molar-refractivity contribution is 0.0304. The standard InChI is InChI=1S/C16H24N2OS/c19-15-7-13-5-6-14(8-15)18(13)9-12-10-20-16(17-12)11-3-1-2-4-11/h10-11,13-15,19H,1-9H2. The Bertz CT molecular complexity index is 455. The molecule has 3 fully saturated rings. The smallest absolute Gasteiger partial charge is 0.0959 e. The Hall–Kier alpha value is -0.450. The Balaban J connectivity index is 1.44. The zero-order valence-corrected chi connectivity index (χ0v) is 12.8. The van der Waals surface area contributed by atoms with Crippen molar-refractivity contribution in [1.29, 1.82) is 0 Å². The molecule has 110 valence electrons. The maximum Gasteiger partial charge on any atom is 0.0959 e. The summed E-state index contributed by atoms with van der Waals surface area (Å²) in [5, 5.41) is 13.5. The summed E-state index contributed by atoms with van der Waals surface area (Å²) in [5.41, 5.74) is 1.27. The Kier molecular flexibility index (Phi) is 3.57. The molecule has 1 aromatic rings. The molecule has 0 amide bonds. The first kappa shape index (κ1) is 13.2. The van der Waals surface area contributed by atoms with Crippen LogP contribution < -0.4 is 0 Å². The molecule has 2 unspecified atom stereocenters. The van der Waals surface area contributed by atoms with Crippen LogP contribution in [0.3, 0.4) is 0 Å². The van der Waals surface area contributed by atoms with Gasteiger partial charge < -0.3 is 5.11 Å². The molecule has 3 heterocycles. The number of aromatic nitrogens is 1. The van der Waals surface area contributed by atoms with Gasteiger partial charge in [0.05, 0.1) is 16.8 Å². The van der Waals surface area contributed by atoms with Crippen LogP contribution in [0.1, 0.15) is 68.0 Å². The highest BCUT2D eigenvalue weighted by molar-refractivity contribution is 7.09. The highest BCUT2D eigenvalue weighted by Crippen LogP contribution is 2.38. The van der Waals surface area contributed by atoms with Gasteiger partial charge in [-0.3, -0.25) is 4.90 Å². The van der Waals surface area contributed by atoms with Crippen molar-refractivity contribution in [2.24, 2.45) is 0 Å². The largest absolute Gasteiger partial charge is 0.393 e. The Morgan fingerprint density at radius 1 is 1.15 bits per heavy atom. The lowest BCUT2D eigenvalue weighted by atomic mass is 10.00. The maximum absolute atomic E-state index is 9.88. The molecule has 3 aliphatic rings. The predicted octanol–water partition coefficient (Wildman–Crippen LogP) is 3.29. The minimum absolute atomic E-state index is 0.0618. The first-order valence-electron chi connectivity index (χ1n) is 8.17. The number of aliphatic hydroxyl groups is 1. The van der Waals surface area contributed by atoms with Gasteiger partial charge in [-0.05, 0) is 38.5 Å². The van der Waals surface area contributed by atoms with Crippen LogP contribution in [-0.4, -0.2) is 33.2 Å². The van der Waals surface area contributed by atoms with Crippen molar-refractivity contribution in [3.05, 3.63) is 16.1 Å². The van der Waals surface area contributed by atoms with Crippen molar-refractivity contribution >= 4 is 11.3 Å². The van der Waals surface area contributed by atoms with E-state index in [0.717, 1.165) is 25.3 Å². The van der Waals surface area contributed by atoms with Crippen molar-refractivity contribution in [1.82, 2.24) is 9.88 Å². The molecule has 0 spiro atoms. The zero-order valence-electron chi connectivity index (χ0n) is 12.0. The van der Waals surface area contributed by atoms with Gasteiger partial charge in [-0.2, -0.15) is 0 Å². The number of fused-ring (bicyclic) bond motifs is 2. The van der Waals surface area contributed by atoms with Crippen molar-refractivity contribution in [3.8, 4) is 0 Å². The van der Waals surface area contributed by atoms with Crippen LogP contribution in [0.5, 0.6) is 0 Å². The summed E-state index contributed by atoms with van der Waals surface area (Å²) < 4.78 is 0. The van der Waals surface area contributed by atoms with Crippen molar-refractivity contribution in [3.63, 3.8) is 0 Å². The summed E-state index contributed by atoms with van der Waals surface area (Å²) >= 11 is 1.87. The van der Waals surface area contributed by atoms with Crippen LogP contribution >= 0.6 is 11.3 Å². The number of aliphatic hydroxyl groups excluding tert-OH is 1. The van der Waals surface area contributed by atoms with Gasteiger partial charge in [-0.1, -0.05) is 12.8 Å². The second kappa shape index (κ2) is 5.39. The molecule has 1 aromatic heterocycles. The molecule has 1 saturated carbocycles. The van der Waals surface area contributed by atoms with Crippen LogP contribution in [0, 0.1) is 0 Å². The van der Waals surface area contributed by atoms with Gasteiger partial charge in [0.15, 0.2) is 0 Å². The fourth-order valence-electron chi connectivity index (χ4n) is 4.45. The Labute approximate surface area is 125 Å². The fraction of sp³-hybridized carbons (Fsp3) is 0.812. The molecule has 2 saturated heterocycles. The second-order valence-corrected chi connectivity index (χ2v) is 7.73. The number of rotatable bonds is 3. The normalized spacial score (nSPS) is 35.0. The van der Waals surface area contributed by atoms with E-state index in [1.807, 2.05) is 11.3 Å². The van der Waals surface area contributed by atoms with Gasteiger partial charge in [-0.25, -0.2) is 4.98 Å². The summed E-state index contributed by atoms with van der Waals surface area (Å²) in [6.07, 6.45) is 9.85. The van der Waals surface area contributed by atoms with Crippen molar-refractivity contribution in [2.45, 2.75) is 82.0 Å². The quantitative estimate of drug-likeness (QED) is 0.928. The van der Waals surface area contributed by atoms with E-state index < -0.39 is 0 Å². The van der Waals surface area contributed by atoms with Gasteiger partial charge in [0.2, 0.25) is 0 Å². The minimum Gasteiger partial charge on any atom is -0.393 e. The number of thiazole rings is 1. The highest BCUT2D eigenvalue weighted by Gasteiger charge is 2.40. The summed E-state index contributed by atoms with van der Waals surface area (Å²) in [5.74, 6) is 0.744. The third kappa shape index (κ3) is 2.42. The van der Waals surface area contributed by atoms with Gasteiger partial charge >= 0.3 is 0 Å². The van der Waals surface area contributed by atoms with Crippen LogP contribution in [0.4, 0.5) is 0 Å². The topological polar surface area (TPSA) is 36.4 Å². The maximum atomic E-state index is 9.88. The highest BCUT2D eigenvalue weighted by atomic mass is 32.1. The van der Waals surface area contributed by atoms with E-state index in [2.05, 4.69) is 10.3 Å². The summed E-state index contributed by atoms with van der Waals surface area (Å²) in [7, 11) is 0. The molecule has 2 atom stereocenters. The lowest BCUT2D eigenvalue weighted by Crippen LogP contribution is -2.44. The van der Waals surface area contributed by atoms with E-state index in [1.54, 1.807) is 0 Å². The molecule has 4 heteroatoms. The molecular formula is C16H24N2OS. The first-order valence-corrected chi connectivity index (χ1v) is 9.05. The summed E-state index contributed by atoms with van der Waals surface area (Å²) in [4.78, 5) is 7.53. The Morgan fingerprint density at radius 3 is 2.55 bits per heavy atom. The molecule has 4 rings (SSSR count). The van der Waals surface area contributed by atoms with E-state index in [4.69, 9.17) is 4.98 Å². The number of hydrogen-bond acceptors (Lipinski definition) is 4. The lowest BCUT2D eigenvalue weighted by Gasteiger charge is -2.36. The molecule has 0 radical (unpaired) electrons. The van der Waals surface area contributed by atoms with Crippen LogP contribution in [0.2, 0.25) is 0 Å². The first-order chi connectivity index (χ1) is 9.79. The van der Waals surface area contributed by atoms with E-state index in [9.17, 15) is 5.11 Å². The second-order valence-electron chi connectivity index (χ2n) is 6.84. The molecule has 3 nitrogen and oxygen atoms in total. The molecule has 1 N–H and O–H groups in total. The fourth-order valence-corrected chi connectivity index (χ4v) is 5.43. The van der Waals surface area contributed by atoms with Crippen molar-refractivity contribution in [2.75, 3.05) is 0 Å². The summed E-state index contributed by atoms with van der Waals surface area (Å²) in [6, 6.07) is 1.20. The molecule has 1 aliphatic carbocycles. The number of piperidine rings is 1. The van der Waals surface area contributed by atoms with E-state index in [-0.39, 0.29) is 6.10 Å². The van der Waals surface area contributed by atoms with E-state index >= 15 is 0 Å².